The van der Waals surface area contributed by atoms with Crippen LogP contribution in [0.25, 0.3) is 0 Å². The van der Waals surface area contributed by atoms with Gasteiger partial charge in [0.2, 0.25) is 0 Å². The average Bonchev–Trinajstić information content (AvgIpc) is 1.63. The van der Waals surface area contributed by atoms with Crippen LogP contribution in [0.5, 0.6) is 0 Å². The lowest BCUT2D eigenvalue weighted by atomic mass is 9.84. The first-order chi connectivity index (χ1) is 3.98. The molecule has 64 valence electrons. The molecule has 0 radical (unpaired) electrons. The Morgan fingerprint density at radius 1 is 1.30 bits per heavy atom. The highest BCUT2D eigenvalue weighted by molar-refractivity contribution is 5.85. The fraction of sp³-hybridized carbons (Fsp3) is 1.00. The second-order valence-corrected chi connectivity index (χ2v) is 3.97. The summed E-state index contributed by atoms with van der Waals surface area (Å²) in [7, 11) is 0. The molecule has 2 N–H and O–H groups in total. The molecule has 0 saturated heterocycles. The van der Waals surface area contributed by atoms with Crippen molar-refractivity contribution in [2.45, 2.75) is 34.1 Å². The fourth-order valence-electron chi connectivity index (χ4n) is 1.19. The smallest absolute Gasteiger partial charge is 0.00257 e. The van der Waals surface area contributed by atoms with Crippen LogP contribution in [-0.2, 0) is 0 Å². The van der Waals surface area contributed by atoms with Gasteiger partial charge in [0, 0.05) is 0 Å². The molecule has 0 spiro atoms. The normalized spacial score (nSPS) is 11.4. The van der Waals surface area contributed by atoms with Crippen molar-refractivity contribution in [3.8, 4) is 0 Å². The number of halogens is 1. The van der Waals surface area contributed by atoms with Crippen molar-refractivity contribution < 1.29 is 0 Å². The summed E-state index contributed by atoms with van der Waals surface area (Å²) in [5, 5.41) is 0. The standard InChI is InChI=1S/C8H19N.ClH/c1-7(2)5-8(3,4)6-9;/h7H,5-6,9H2,1-4H3;1H. The molecule has 0 aliphatic rings. The van der Waals surface area contributed by atoms with Gasteiger partial charge in [0.1, 0.15) is 0 Å². The van der Waals surface area contributed by atoms with Crippen molar-refractivity contribution in [1.29, 1.82) is 0 Å². The molecule has 0 aromatic rings. The van der Waals surface area contributed by atoms with Gasteiger partial charge < -0.3 is 5.73 Å². The molecule has 0 aliphatic carbocycles. The first-order valence-corrected chi connectivity index (χ1v) is 3.68. The van der Waals surface area contributed by atoms with E-state index < -0.39 is 0 Å². The summed E-state index contributed by atoms with van der Waals surface area (Å²) < 4.78 is 0. The van der Waals surface area contributed by atoms with E-state index >= 15 is 0 Å². The number of nitrogens with two attached hydrogens (primary N) is 1. The predicted octanol–water partition coefficient (Wildman–Crippen LogP) is 2.44. The van der Waals surface area contributed by atoms with Crippen molar-refractivity contribution in [2.24, 2.45) is 17.1 Å². The Morgan fingerprint density at radius 3 is 1.80 bits per heavy atom. The maximum absolute atomic E-state index is 5.55. The van der Waals surface area contributed by atoms with Crippen LogP contribution in [0.1, 0.15) is 34.1 Å². The van der Waals surface area contributed by atoms with Gasteiger partial charge in [0.25, 0.3) is 0 Å². The third kappa shape index (κ3) is 6.37. The summed E-state index contributed by atoms with van der Waals surface area (Å²) in [6, 6.07) is 0. The Balaban J connectivity index is 0. The van der Waals surface area contributed by atoms with E-state index in [-0.39, 0.29) is 12.4 Å². The summed E-state index contributed by atoms with van der Waals surface area (Å²) >= 11 is 0. The molecule has 0 unspecified atom stereocenters. The van der Waals surface area contributed by atoms with Gasteiger partial charge in [-0.1, -0.05) is 27.7 Å². The summed E-state index contributed by atoms with van der Waals surface area (Å²) in [4.78, 5) is 0. The molecular weight excluding hydrogens is 146 g/mol. The van der Waals surface area contributed by atoms with Crippen LogP contribution in [0.15, 0.2) is 0 Å². The van der Waals surface area contributed by atoms with E-state index in [0.29, 0.717) is 5.41 Å². The minimum atomic E-state index is 0. The fourth-order valence-corrected chi connectivity index (χ4v) is 1.19. The molecular formula is C8H20ClN. The van der Waals surface area contributed by atoms with Crippen LogP contribution < -0.4 is 5.73 Å². The molecule has 0 aromatic heterocycles. The Hall–Kier alpha value is 0.250. The first-order valence-electron chi connectivity index (χ1n) is 3.68. The van der Waals surface area contributed by atoms with Crippen LogP contribution in [0.2, 0.25) is 0 Å². The molecule has 0 fully saturated rings. The number of hydrogen-bond acceptors (Lipinski definition) is 1. The summed E-state index contributed by atoms with van der Waals surface area (Å²) in [5.74, 6) is 0.767. The lowest BCUT2D eigenvalue weighted by Crippen LogP contribution is -2.24. The quantitative estimate of drug-likeness (QED) is 0.683. The summed E-state index contributed by atoms with van der Waals surface area (Å²) in [6.45, 7) is 9.69. The van der Waals surface area contributed by atoms with E-state index in [0.717, 1.165) is 12.5 Å². The van der Waals surface area contributed by atoms with E-state index in [2.05, 4.69) is 27.7 Å². The van der Waals surface area contributed by atoms with E-state index in [4.69, 9.17) is 5.73 Å². The molecule has 2 heteroatoms. The molecule has 0 saturated carbocycles. The Labute approximate surface area is 70.8 Å². The van der Waals surface area contributed by atoms with Crippen LogP contribution in [0.4, 0.5) is 0 Å². The van der Waals surface area contributed by atoms with Gasteiger partial charge in [-0.25, -0.2) is 0 Å². The van der Waals surface area contributed by atoms with Crippen LogP contribution in [0, 0.1) is 11.3 Å². The third-order valence-electron chi connectivity index (χ3n) is 1.51. The molecule has 0 amide bonds. The SMILES string of the molecule is CC(C)CC(C)(C)CN.Cl. The highest BCUT2D eigenvalue weighted by atomic mass is 35.5. The van der Waals surface area contributed by atoms with Gasteiger partial charge in [-0.3, -0.25) is 0 Å². The van der Waals surface area contributed by atoms with Crippen molar-refractivity contribution in [1.82, 2.24) is 0 Å². The minimum absolute atomic E-state index is 0. The highest BCUT2D eigenvalue weighted by Gasteiger charge is 2.16. The molecule has 0 heterocycles. The molecule has 10 heavy (non-hydrogen) atoms. The summed E-state index contributed by atoms with van der Waals surface area (Å²) in [6.07, 6.45) is 1.23. The topological polar surface area (TPSA) is 26.0 Å². The third-order valence-corrected chi connectivity index (χ3v) is 1.51. The molecule has 0 bridgehead atoms. The van der Waals surface area contributed by atoms with Gasteiger partial charge in [0.05, 0.1) is 0 Å². The van der Waals surface area contributed by atoms with Gasteiger partial charge in [-0.05, 0) is 24.3 Å². The Kier molecular flexibility index (Phi) is 6.41. The van der Waals surface area contributed by atoms with Gasteiger partial charge in [-0.15, -0.1) is 12.4 Å². The van der Waals surface area contributed by atoms with Crippen molar-refractivity contribution in [2.75, 3.05) is 6.54 Å². The predicted molar refractivity (Wildman–Crippen MR) is 49.5 cm³/mol. The van der Waals surface area contributed by atoms with Gasteiger partial charge in [0.15, 0.2) is 0 Å². The van der Waals surface area contributed by atoms with Gasteiger partial charge >= 0.3 is 0 Å². The molecule has 0 aromatic carbocycles. The Bertz CT molecular complexity index is 79.3. The zero-order chi connectivity index (χ0) is 7.49. The van der Waals surface area contributed by atoms with E-state index in [1.807, 2.05) is 0 Å². The number of rotatable bonds is 3. The maximum Gasteiger partial charge on any atom is -0.00257 e. The second-order valence-electron chi connectivity index (χ2n) is 3.97. The molecule has 0 aliphatic heterocycles. The zero-order valence-corrected chi connectivity index (χ0v) is 8.29. The monoisotopic (exact) mass is 165 g/mol. The van der Waals surface area contributed by atoms with Crippen LogP contribution >= 0.6 is 12.4 Å². The van der Waals surface area contributed by atoms with E-state index in [1.165, 1.54) is 6.42 Å². The van der Waals surface area contributed by atoms with Crippen molar-refractivity contribution in [3.05, 3.63) is 0 Å². The maximum atomic E-state index is 5.55. The molecule has 1 nitrogen and oxygen atoms in total. The van der Waals surface area contributed by atoms with Crippen LogP contribution in [-0.4, -0.2) is 6.54 Å². The zero-order valence-electron chi connectivity index (χ0n) is 7.48. The van der Waals surface area contributed by atoms with Crippen LogP contribution in [0.3, 0.4) is 0 Å². The lowest BCUT2D eigenvalue weighted by Gasteiger charge is -2.24. The largest absolute Gasteiger partial charge is 0.330 e. The van der Waals surface area contributed by atoms with E-state index in [9.17, 15) is 0 Å². The highest BCUT2D eigenvalue weighted by Crippen LogP contribution is 2.22. The number of hydrogen-bond donors (Lipinski definition) is 1. The summed E-state index contributed by atoms with van der Waals surface area (Å²) in [5.41, 5.74) is 5.90. The van der Waals surface area contributed by atoms with Crippen molar-refractivity contribution in [3.63, 3.8) is 0 Å². The molecule has 0 atom stereocenters. The average molecular weight is 166 g/mol. The van der Waals surface area contributed by atoms with E-state index in [1.54, 1.807) is 0 Å². The lowest BCUT2D eigenvalue weighted by molar-refractivity contribution is 0.298. The van der Waals surface area contributed by atoms with Crippen molar-refractivity contribution >= 4 is 12.4 Å². The molecule has 0 rings (SSSR count). The van der Waals surface area contributed by atoms with Gasteiger partial charge in [-0.2, -0.15) is 0 Å². The minimum Gasteiger partial charge on any atom is -0.330 e. The second kappa shape index (κ2) is 4.97. The first kappa shape index (κ1) is 12.9. The Morgan fingerprint density at radius 2 is 1.70 bits per heavy atom.